The minimum Gasteiger partial charge on any atom is -0.376 e. The number of pyridine rings is 1. The fraction of sp³-hybridized carbons (Fsp3) is 0.619. The topological polar surface area (TPSA) is 101 Å². The van der Waals surface area contributed by atoms with Crippen LogP contribution in [-0.2, 0) is 19.1 Å². The molecule has 2 heterocycles. The van der Waals surface area contributed by atoms with E-state index in [2.05, 4.69) is 15.6 Å². The Hall–Kier alpha value is -2.48. The average Bonchev–Trinajstić information content (AvgIpc) is 3.43. The van der Waals surface area contributed by atoms with E-state index in [1.165, 1.54) is 0 Å². The zero-order chi connectivity index (χ0) is 20.5. The van der Waals surface area contributed by atoms with Gasteiger partial charge in [0.05, 0.1) is 12.6 Å². The van der Waals surface area contributed by atoms with E-state index in [0.717, 1.165) is 45.1 Å². The summed E-state index contributed by atoms with van der Waals surface area (Å²) in [5.41, 5.74) is 0. The SMILES string of the molecule is O=C(CN(C(=O)CCC(=O)Nc1ccccn1)C1CCCC1)NCC1CCCO1. The lowest BCUT2D eigenvalue weighted by Gasteiger charge is -2.28. The Bertz CT molecular complexity index is 685. The highest BCUT2D eigenvalue weighted by Gasteiger charge is 2.28. The van der Waals surface area contributed by atoms with E-state index in [-0.39, 0.29) is 49.3 Å². The highest BCUT2D eigenvalue weighted by Crippen LogP contribution is 2.24. The molecule has 1 saturated heterocycles. The molecule has 1 saturated carbocycles. The van der Waals surface area contributed by atoms with Crippen molar-refractivity contribution in [3.05, 3.63) is 24.4 Å². The van der Waals surface area contributed by atoms with Gasteiger partial charge in [0.2, 0.25) is 17.7 Å². The van der Waals surface area contributed by atoms with Crippen LogP contribution >= 0.6 is 0 Å². The molecular weight excluding hydrogens is 372 g/mol. The van der Waals surface area contributed by atoms with Crippen molar-refractivity contribution in [1.29, 1.82) is 0 Å². The first-order valence-electron chi connectivity index (χ1n) is 10.5. The molecule has 2 fully saturated rings. The Labute approximate surface area is 171 Å². The van der Waals surface area contributed by atoms with E-state index >= 15 is 0 Å². The first-order valence-corrected chi connectivity index (χ1v) is 10.5. The number of amides is 3. The molecule has 1 unspecified atom stereocenters. The summed E-state index contributed by atoms with van der Waals surface area (Å²) >= 11 is 0. The Morgan fingerprint density at radius 2 is 1.90 bits per heavy atom. The van der Waals surface area contributed by atoms with Crippen molar-refractivity contribution in [3.8, 4) is 0 Å². The summed E-state index contributed by atoms with van der Waals surface area (Å²) in [6, 6.07) is 5.32. The molecule has 158 valence electrons. The van der Waals surface area contributed by atoms with Crippen LogP contribution in [-0.4, -0.2) is 59.4 Å². The average molecular weight is 402 g/mol. The van der Waals surface area contributed by atoms with Gasteiger partial charge >= 0.3 is 0 Å². The van der Waals surface area contributed by atoms with Crippen LogP contribution in [0.3, 0.4) is 0 Å². The molecule has 1 aromatic heterocycles. The lowest BCUT2D eigenvalue weighted by Crippen LogP contribution is -2.46. The number of hydrogen-bond donors (Lipinski definition) is 2. The molecule has 2 N–H and O–H groups in total. The van der Waals surface area contributed by atoms with Gasteiger partial charge in [0, 0.05) is 38.2 Å². The lowest BCUT2D eigenvalue weighted by molar-refractivity contribution is -0.139. The molecule has 1 aromatic rings. The number of nitrogens with one attached hydrogen (secondary N) is 2. The molecule has 1 atom stereocenters. The van der Waals surface area contributed by atoms with E-state index < -0.39 is 0 Å². The number of nitrogens with zero attached hydrogens (tertiary/aromatic N) is 2. The highest BCUT2D eigenvalue weighted by atomic mass is 16.5. The van der Waals surface area contributed by atoms with Crippen LogP contribution in [0.25, 0.3) is 0 Å². The lowest BCUT2D eigenvalue weighted by atomic mass is 10.1. The molecular formula is C21H30N4O4. The van der Waals surface area contributed by atoms with Gasteiger partial charge < -0.3 is 20.3 Å². The first-order chi connectivity index (χ1) is 14.1. The second-order valence-corrected chi connectivity index (χ2v) is 7.66. The molecule has 1 aliphatic heterocycles. The Morgan fingerprint density at radius 1 is 1.07 bits per heavy atom. The molecule has 8 nitrogen and oxygen atoms in total. The van der Waals surface area contributed by atoms with Crippen molar-refractivity contribution in [2.45, 2.75) is 63.5 Å². The van der Waals surface area contributed by atoms with Gasteiger partial charge in [-0.2, -0.15) is 0 Å². The maximum Gasteiger partial charge on any atom is 0.239 e. The van der Waals surface area contributed by atoms with Gasteiger partial charge in [-0.3, -0.25) is 14.4 Å². The predicted molar refractivity (Wildman–Crippen MR) is 108 cm³/mol. The highest BCUT2D eigenvalue weighted by molar-refractivity contribution is 5.93. The number of ether oxygens (including phenoxy) is 1. The molecule has 1 aliphatic carbocycles. The summed E-state index contributed by atoms with van der Waals surface area (Å²) in [5.74, 6) is -0.114. The monoisotopic (exact) mass is 402 g/mol. The van der Waals surface area contributed by atoms with E-state index in [0.29, 0.717) is 12.4 Å². The molecule has 3 rings (SSSR count). The number of carbonyl (C=O) groups excluding carboxylic acids is 3. The third-order valence-corrected chi connectivity index (χ3v) is 5.45. The van der Waals surface area contributed by atoms with Crippen LogP contribution in [0.2, 0.25) is 0 Å². The number of aromatic nitrogens is 1. The molecule has 0 spiro atoms. The number of anilines is 1. The standard InChI is InChI=1S/C21H30N4O4/c26-19(24-18-9-3-4-12-22-18)10-11-21(28)25(16-6-1-2-7-16)15-20(27)23-14-17-8-5-13-29-17/h3-4,9,12,16-17H,1-2,5-8,10-11,13-15H2,(H,23,27)(H,22,24,26). The van der Waals surface area contributed by atoms with E-state index in [4.69, 9.17) is 4.74 Å². The van der Waals surface area contributed by atoms with Crippen molar-refractivity contribution >= 4 is 23.5 Å². The molecule has 29 heavy (non-hydrogen) atoms. The Morgan fingerprint density at radius 3 is 2.59 bits per heavy atom. The molecule has 0 radical (unpaired) electrons. The molecule has 3 amide bonds. The van der Waals surface area contributed by atoms with Crippen LogP contribution < -0.4 is 10.6 Å². The largest absolute Gasteiger partial charge is 0.376 e. The number of carbonyl (C=O) groups is 3. The van der Waals surface area contributed by atoms with Crippen molar-refractivity contribution in [1.82, 2.24) is 15.2 Å². The second-order valence-electron chi connectivity index (χ2n) is 7.66. The fourth-order valence-electron chi connectivity index (χ4n) is 3.89. The summed E-state index contributed by atoms with van der Waals surface area (Å²) in [5, 5.41) is 5.57. The van der Waals surface area contributed by atoms with Gasteiger partial charge in [-0.1, -0.05) is 18.9 Å². The van der Waals surface area contributed by atoms with E-state index in [1.54, 1.807) is 29.3 Å². The van der Waals surface area contributed by atoms with Crippen LogP contribution in [0.15, 0.2) is 24.4 Å². The molecule has 0 aromatic carbocycles. The summed E-state index contributed by atoms with van der Waals surface area (Å²) in [7, 11) is 0. The maximum absolute atomic E-state index is 12.8. The van der Waals surface area contributed by atoms with Crippen LogP contribution in [0, 0.1) is 0 Å². The van der Waals surface area contributed by atoms with Gasteiger partial charge in [0.1, 0.15) is 5.82 Å². The van der Waals surface area contributed by atoms with Gasteiger partial charge in [0.15, 0.2) is 0 Å². The van der Waals surface area contributed by atoms with Gasteiger partial charge in [-0.25, -0.2) is 4.98 Å². The molecule has 0 bridgehead atoms. The quantitative estimate of drug-likeness (QED) is 0.657. The summed E-state index contributed by atoms with van der Waals surface area (Å²) in [4.78, 5) is 43.0. The van der Waals surface area contributed by atoms with Crippen molar-refractivity contribution in [2.75, 3.05) is 25.0 Å². The van der Waals surface area contributed by atoms with Crippen molar-refractivity contribution < 1.29 is 19.1 Å². The van der Waals surface area contributed by atoms with Crippen molar-refractivity contribution in [3.63, 3.8) is 0 Å². The zero-order valence-electron chi connectivity index (χ0n) is 16.8. The molecule has 8 heteroatoms. The van der Waals surface area contributed by atoms with E-state index in [9.17, 15) is 14.4 Å². The van der Waals surface area contributed by atoms with Gasteiger partial charge in [-0.15, -0.1) is 0 Å². The number of hydrogen-bond acceptors (Lipinski definition) is 5. The van der Waals surface area contributed by atoms with Gasteiger partial charge in [0.25, 0.3) is 0 Å². The predicted octanol–water partition coefficient (Wildman–Crippen LogP) is 1.87. The second kappa shape index (κ2) is 10.9. The first kappa shape index (κ1) is 21.2. The third kappa shape index (κ3) is 6.81. The zero-order valence-corrected chi connectivity index (χ0v) is 16.8. The summed E-state index contributed by atoms with van der Waals surface area (Å²) < 4.78 is 5.52. The Balaban J connectivity index is 1.48. The van der Waals surface area contributed by atoms with Crippen LogP contribution in [0.5, 0.6) is 0 Å². The fourth-order valence-corrected chi connectivity index (χ4v) is 3.89. The normalized spacial score (nSPS) is 19.1. The smallest absolute Gasteiger partial charge is 0.239 e. The minimum atomic E-state index is -0.258. The van der Waals surface area contributed by atoms with Crippen molar-refractivity contribution in [2.24, 2.45) is 0 Å². The van der Waals surface area contributed by atoms with Crippen LogP contribution in [0.1, 0.15) is 51.4 Å². The minimum absolute atomic E-state index is 0.0398. The maximum atomic E-state index is 12.8. The summed E-state index contributed by atoms with van der Waals surface area (Å²) in [6.07, 6.45) is 7.73. The van der Waals surface area contributed by atoms with Gasteiger partial charge in [-0.05, 0) is 37.8 Å². The molecule has 2 aliphatic rings. The Kier molecular flexibility index (Phi) is 7.98. The number of rotatable bonds is 9. The van der Waals surface area contributed by atoms with Crippen LogP contribution in [0.4, 0.5) is 5.82 Å². The summed E-state index contributed by atoms with van der Waals surface area (Å²) in [6.45, 7) is 1.27. The third-order valence-electron chi connectivity index (χ3n) is 5.45. The van der Waals surface area contributed by atoms with E-state index in [1.807, 2.05) is 0 Å².